The predicted octanol–water partition coefficient (Wildman–Crippen LogP) is 4.89. The molecular formula is C19H29NS. The average molecular weight is 304 g/mol. The van der Waals surface area contributed by atoms with Crippen LogP contribution in [0.4, 0.5) is 0 Å². The largest absolute Gasteiger partial charge is 0.306 e. The molecular weight excluding hydrogens is 274 g/mol. The lowest BCUT2D eigenvalue weighted by Crippen LogP contribution is -2.36. The Kier molecular flexibility index (Phi) is 5.29. The summed E-state index contributed by atoms with van der Waals surface area (Å²) in [4.78, 5) is 0. The van der Waals surface area contributed by atoms with Gasteiger partial charge in [-0.2, -0.15) is 11.8 Å². The maximum absolute atomic E-state index is 3.92. The number of rotatable bonds is 5. The molecule has 2 aliphatic rings. The molecule has 21 heavy (non-hydrogen) atoms. The van der Waals surface area contributed by atoms with Crippen LogP contribution < -0.4 is 5.32 Å². The highest BCUT2D eigenvalue weighted by molar-refractivity contribution is 7.99. The normalized spacial score (nSPS) is 26.6. The van der Waals surface area contributed by atoms with Gasteiger partial charge in [0.05, 0.1) is 0 Å². The van der Waals surface area contributed by atoms with E-state index in [4.69, 9.17) is 0 Å². The first-order valence-corrected chi connectivity index (χ1v) is 9.82. The standard InChI is InChI=1S/C19H29NS/c1-3-21-19-10-6-9-18(19)20-14(2)16-12-11-15-7-4-5-8-17(15)13-16/h11-14,18-20H,3-10H2,1-2H3. The van der Waals surface area contributed by atoms with Crippen molar-refractivity contribution in [3.05, 3.63) is 34.9 Å². The number of thioether (sulfide) groups is 1. The van der Waals surface area contributed by atoms with Gasteiger partial charge >= 0.3 is 0 Å². The van der Waals surface area contributed by atoms with Crippen molar-refractivity contribution in [2.45, 2.75) is 76.1 Å². The second kappa shape index (κ2) is 7.19. The average Bonchev–Trinajstić information content (AvgIpc) is 2.94. The van der Waals surface area contributed by atoms with E-state index < -0.39 is 0 Å². The summed E-state index contributed by atoms with van der Waals surface area (Å²) < 4.78 is 0. The molecule has 1 fully saturated rings. The van der Waals surface area contributed by atoms with E-state index in [1.165, 1.54) is 56.3 Å². The fraction of sp³-hybridized carbons (Fsp3) is 0.684. The summed E-state index contributed by atoms with van der Waals surface area (Å²) in [6.45, 7) is 4.63. The van der Waals surface area contributed by atoms with E-state index in [-0.39, 0.29) is 0 Å². The van der Waals surface area contributed by atoms with Crippen molar-refractivity contribution in [3.8, 4) is 0 Å². The molecule has 3 unspecified atom stereocenters. The van der Waals surface area contributed by atoms with Gasteiger partial charge in [0.2, 0.25) is 0 Å². The highest BCUT2D eigenvalue weighted by Gasteiger charge is 2.28. The van der Waals surface area contributed by atoms with Crippen LogP contribution in [0.15, 0.2) is 18.2 Å². The third kappa shape index (κ3) is 3.65. The van der Waals surface area contributed by atoms with Crippen LogP contribution in [0.5, 0.6) is 0 Å². The molecule has 2 heteroatoms. The molecule has 0 aromatic heterocycles. The van der Waals surface area contributed by atoms with Crippen molar-refractivity contribution in [2.24, 2.45) is 0 Å². The summed E-state index contributed by atoms with van der Waals surface area (Å²) in [5.74, 6) is 1.25. The maximum atomic E-state index is 3.92. The molecule has 1 nitrogen and oxygen atoms in total. The van der Waals surface area contributed by atoms with Crippen molar-refractivity contribution in [1.82, 2.24) is 5.32 Å². The lowest BCUT2D eigenvalue weighted by molar-refractivity contribution is 0.467. The Bertz CT molecular complexity index is 471. The van der Waals surface area contributed by atoms with Crippen LogP contribution in [0, 0.1) is 0 Å². The molecule has 0 aliphatic heterocycles. The minimum absolute atomic E-state index is 0.486. The summed E-state index contributed by atoms with van der Waals surface area (Å²) in [6.07, 6.45) is 9.46. The monoisotopic (exact) mass is 303 g/mol. The SMILES string of the molecule is CCSC1CCCC1NC(C)c1ccc2c(c1)CCCC2. The fourth-order valence-corrected chi connectivity index (χ4v) is 5.18. The number of fused-ring (bicyclic) bond motifs is 1. The van der Waals surface area contributed by atoms with Gasteiger partial charge in [0.1, 0.15) is 0 Å². The Morgan fingerprint density at radius 1 is 1.14 bits per heavy atom. The van der Waals surface area contributed by atoms with E-state index in [2.05, 4.69) is 49.1 Å². The Balaban J connectivity index is 1.66. The summed E-state index contributed by atoms with van der Waals surface area (Å²) >= 11 is 2.14. The van der Waals surface area contributed by atoms with E-state index in [1.54, 1.807) is 11.1 Å². The number of benzene rings is 1. The first kappa shape index (κ1) is 15.4. The highest BCUT2D eigenvalue weighted by atomic mass is 32.2. The Hall–Kier alpha value is -0.470. The van der Waals surface area contributed by atoms with Crippen molar-refractivity contribution < 1.29 is 0 Å². The van der Waals surface area contributed by atoms with Crippen LogP contribution in [-0.4, -0.2) is 17.0 Å². The molecule has 1 aromatic carbocycles. The summed E-state index contributed by atoms with van der Waals surface area (Å²) in [5, 5.41) is 4.74. The molecule has 0 radical (unpaired) electrons. The van der Waals surface area contributed by atoms with E-state index in [9.17, 15) is 0 Å². The second-order valence-corrected chi connectivity index (χ2v) is 8.17. The quantitative estimate of drug-likeness (QED) is 0.831. The zero-order valence-electron chi connectivity index (χ0n) is 13.5. The van der Waals surface area contributed by atoms with Crippen LogP contribution in [0.25, 0.3) is 0 Å². The minimum Gasteiger partial charge on any atom is -0.306 e. The molecule has 1 aromatic rings. The molecule has 0 amide bonds. The summed E-state index contributed by atoms with van der Waals surface area (Å²) in [5.41, 5.74) is 4.69. The Labute approximate surface area is 134 Å². The topological polar surface area (TPSA) is 12.0 Å². The van der Waals surface area contributed by atoms with Gasteiger partial charge in [0, 0.05) is 17.3 Å². The van der Waals surface area contributed by atoms with Crippen molar-refractivity contribution in [1.29, 1.82) is 0 Å². The molecule has 1 saturated carbocycles. The van der Waals surface area contributed by atoms with E-state index in [1.807, 2.05) is 0 Å². The summed E-state index contributed by atoms with van der Waals surface area (Å²) in [7, 11) is 0. The molecule has 0 spiro atoms. The third-order valence-electron chi connectivity index (χ3n) is 5.17. The predicted molar refractivity (Wildman–Crippen MR) is 94.2 cm³/mol. The van der Waals surface area contributed by atoms with Gasteiger partial charge in [-0.3, -0.25) is 0 Å². The molecule has 1 N–H and O–H groups in total. The first-order valence-electron chi connectivity index (χ1n) is 8.77. The molecule has 0 heterocycles. The van der Waals surface area contributed by atoms with Crippen molar-refractivity contribution >= 4 is 11.8 Å². The number of aryl methyl sites for hydroxylation is 2. The fourth-order valence-electron chi connectivity index (χ4n) is 3.97. The van der Waals surface area contributed by atoms with Gasteiger partial charge in [-0.05, 0) is 67.9 Å². The van der Waals surface area contributed by atoms with Gasteiger partial charge in [0.25, 0.3) is 0 Å². The molecule has 3 atom stereocenters. The van der Waals surface area contributed by atoms with E-state index in [0.29, 0.717) is 12.1 Å². The summed E-state index contributed by atoms with van der Waals surface area (Å²) in [6, 6.07) is 8.41. The van der Waals surface area contributed by atoms with Gasteiger partial charge in [-0.25, -0.2) is 0 Å². The Morgan fingerprint density at radius 3 is 2.76 bits per heavy atom. The molecule has 3 rings (SSSR count). The van der Waals surface area contributed by atoms with Gasteiger partial charge in [-0.15, -0.1) is 0 Å². The van der Waals surface area contributed by atoms with Crippen LogP contribution >= 0.6 is 11.8 Å². The van der Waals surface area contributed by atoms with Crippen LogP contribution in [0.3, 0.4) is 0 Å². The first-order chi connectivity index (χ1) is 10.3. The number of hydrogen-bond donors (Lipinski definition) is 1. The minimum atomic E-state index is 0.486. The smallest absolute Gasteiger partial charge is 0.0294 e. The van der Waals surface area contributed by atoms with Crippen molar-refractivity contribution in [2.75, 3.05) is 5.75 Å². The number of nitrogens with one attached hydrogen (secondary N) is 1. The molecule has 2 aliphatic carbocycles. The van der Waals surface area contributed by atoms with Gasteiger partial charge < -0.3 is 5.32 Å². The van der Waals surface area contributed by atoms with Crippen molar-refractivity contribution in [3.63, 3.8) is 0 Å². The van der Waals surface area contributed by atoms with Crippen LogP contribution in [0.2, 0.25) is 0 Å². The lowest BCUT2D eigenvalue weighted by atomic mass is 9.89. The molecule has 116 valence electrons. The number of hydrogen-bond acceptors (Lipinski definition) is 2. The highest BCUT2D eigenvalue weighted by Crippen LogP contribution is 2.32. The van der Waals surface area contributed by atoms with Gasteiger partial charge in [-0.1, -0.05) is 31.5 Å². The third-order valence-corrected chi connectivity index (χ3v) is 6.50. The van der Waals surface area contributed by atoms with Gasteiger partial charge in [0.15, 0.2) is 0 Å². The van der Waals surface area contributed by atoms with Crippen LogP contribution in [0.1, 0.15) is 68.7 Å². The van der Waals surface area contributed by atoms with Crippen LogP contribution in [-0.2, 0) is 12.8 Å². The van der Waals surface area contributed by atoms with E-state index in [0.717, 1.165) is 5.25 Å². The maximum Gasteiger partial charge on any atom is 0.0294 e. The molecule has 0 bridgehead atoms. The lowest BCUT2D eigenvalue weighted by Gasteiger charge is -2.26. The van der Waals surface area contributed by atoms with E-state index >= 15 is 0 Å². The Morgan fingerprint density at radius 2 is 1.95 bits per heavy atom. The zero-order valence-corrected chi connectivity index (χ0v) is 14.3. The zero-order chi connectivity index (χ0) is 14.7. The molecule has 0 saturated heterocycles. The second-order valence-electron chi connectivity index (χ2n) is 6.65.